The first-order valence-electron chi connectivity index (χ1n) is 11.7. The van der Waals surface area contributed by atoms with E-state index in [9.17, 15) is 9.59 Å². The third kappa shape index (κ3) is 7.14. The summed E-state index contributed by atoms with van der Waals surface area (Å²) in [5.74, 6) is -0.243. The van der Waals surface area contributed by atoms with Crippen LogP contribution in [-0.4, -0.2) is 34.2 Å². The first-order valence-corrected chi connectivity index (χ1v) is 13.3. The quantitative estimate of drug-likeness (QED) is 0.0928. The Kier molecular flexibility index (Phi) is 9.07. The second-order valence-electron chi connectivity index (χ2n) is 8.37. The molecule has 8 nitrogen and oxygen atoms in total. The molecule has 0 fully saturated rings. The molecular weight excluding hydrogens is 588 g/mol. The van der Waals surface area contributed by atoms with Crippen molar-refractivity contribution >= 4 is 77.9 Å². The van der Waals surface area contributed by atoms with Crippen LogP contribution in [0.4, 0.5) is 0 Å². The average Bonchev–Trinajstić information content (AvgIpc) is 3.44. The number of hydrogen-bond acceptors (Lipinski definition) is 4. The van der Waals surface area contributed by atoms with Gasteiger partial charge in [-0.1, -0.05) is 44.7 Å². The number of aromatic nitrogens is 2. The number of carbonyl (C=O) groups is 2. The largest absolute Gasteiger partial charge is 0.361 e. The molecule has 4 N–H and O–H groups in total. The SMILES string of the molecule is O=C(CCCCCCC(=O)NN=Cc1c[nH]c2ccc(Br)cc12)NN=Cc1c[nH]c2ccc(Br)cc12. The van der Waals surface area contributed by atoms with Gasteiger partial charge < -0.3 is 9.97 Å². The second kappa shape index (κ2) is 12.6. The second-order valence-corrected chi connectivity index (χ2v) is 10.2. The van der Waals surface area contributed by atoms with Crippen molar-refractivity contribution < 1.29 is 9.59 Å². The van der Waals surface area contributed by atoms with Crippen molar-refractivity contribution in [3.05, 3.63) is 68.9 Å². The minimum atomic E-state index is -0.122. The number of H-pyrrole nitrogens is 2. The summed E-state index contributed by atoms with van der Waals surface area (Å²) in [6.45, 7) is 0. The molecule has 0 bridgehead atoms. The van der Waals surface area contributed by atoms with Gasteiger partial charge in [0.05, 0.1) is 12.4 Å². The predicted molar refractivity (Wildman–Crippen MR) is 151 cm³/mol. The molecule has 0 atom stereocenters. The molecule has 0 aliphatic heterocycles. The number of nitrogens with one attached hydrogen (secondary N) is 4. The van der Waals surface area contributed by atoms with E-state index in [0.717, 1.165) is 67.6 Å². The summed E-state index contributed by atoms with van der Waals surface area (Å²) in [6.07, 6.45) is 11.0. The summed E-state index contributed by atoms with van der Waals surface area (Å²) in [5.41, 5.74) is 8.99. The van der Waals surface area contributed by atoms with Crippen molar-refractivity contribution in [3.8, 4) is 0 Å². The smallest absolute Gasteiger partial charge is 0.240 e. The lowest BCUT2D eigenvalue weighted by Gasteiger charge is -2.02. The van der Waals surface area contributed by atoms with Crippen LogP contribution in [0.1, 0.15) is 49.7 Å². The highest BCUT2D eigenvalue weighted by Crippen LogP contribution is 2.22. The van der Waals surface area contributed by atoms with E-state index in [2.05, 4.69) is 62.9 Å². The summed E-state index contributed by atoms with van der Waals surface area (Å²) in [4.78, 5) is 30.4. The van der Waals surface area contributed by atoms with Gasteiger partial charge in [-0.25, -0.2) is 10.9 Å². The van der Waals surface area contributed by atoms with Crippen LogP contribution in [0, 0.1) is 0 Å². The van der Waals surface area contributed by atoms with Gasteiger partial charge in [0.2, 0.25) is 11.8 Å². The molecule has 0 aliphatic rings. The van der Waals surface area contributed by atoms with E-state index in [1.807, 2.05) is 48.8 Å². The Labute approximate surface area is 225 Å². The molecule has 2 heterocycles. The van der Waals surface area contributed by atoms with Crippen LogP contribution in [0.3, 0.4) is 0 Å². The van der Waals surface area contributed by atoms with Crippen LogP contribution in [0.25, 0.3) is 21.8 Å². The van der Waals surface area contributed by atoms with Gasteiger partial charge in [0.1, 0.15) is 0 Å². The Hall–Kier alpha value is -3.24. The average molecular weight is 614 g/mol. The Bertz CT molecular complexity index is 1310. The van der Waals surface area contributed by atoms with Crippen molar-refractivity contribution in [1.29, 1.82) is 0 Å². The van der Waals surface area contributed by atoms with Crippen LogP contribution in [0.15, 0.2) is 67.9 Å². The van der Waals surface area contributed by atoms with Crippen molar-refractivity contribution in [2.24, 2.45) is 10.2 Å². The molecule has 2 amide bonds. The van der Waals surface area contributed by atoms with Gasteiger partial charge >= 0.3 is 0 Å². The van der Waals surface area contributed by atoms with Gasteiger partial charge in [0.15, 0.2) is 0 Å². The van der Waals surface area contributed by atoms with Gasteiger partial charge in [-0.3, -0.25) is 9.59 Å². The number of hydrogen-bond donors (Lipinski definition) is 4. The molecule has 4 aromatic rings. The summed E-state index contributed by atoms with van der Waals surface area (Å²) >= 11 is 6.93. The van der Waals surface area contributed by atoms with E-state index in [-0.39, 0.29) is 11.8 Å². The normalized spacial score (nSPS) is 11.7. The summed E-state index contributed by atoms with van der Waals surface area (Å²) < 4.78 is 1.97. The van der Waals surface area contributed by atoms with Gasteiger partial charge in [0, 0.05) is 67.1 Å². The van der Waals surface area contributed by atoms with Crippen LogP contribution in [0.5, 0.6) is 0 Å². The third-order valence-corrected chi connectivity index (χ3v) is 6.68. The number of rotatable bonds is 11. The van der Waals surface area contributed by atoms with E-state index in [0.29, 0.717) is 12.8 Å². The predicted octanol–water partition coefficient (Wildman–Crippen LogP) is 6.12. The number of aromatic amines is 2. The maximum Gasteiger partial charge on any atom is 0.240 e. The fourth-order valence-electron chi connectivity index (χ4n) is 3.83. The molecule has 186 valence electrons. The molecule has 2 aromatic carbocycles. The minimum Gasteiger partial charge on any atom is -0.361 e. The van der Waals surface area contributed by atoms with Crippen LogP contribution in [-0.2, 0) is 9.59 Å². The standard InChI is InChI=1S/C26H26Br2N6O2/c27-19-7-9-23-21(11-19)17(13-29-23)15-31-33-25(35)5-3-1-2-4-6-26(36)34-32-16-18-14-30-24-10-8-20(28)12-22(18)24/h7-16,29-30H,1-6H2,(H,33,35)(H,34,36). The number of nitrogens with zero attached hydrogens (tertiary/aromatic N) is 2. The van der Waals surface area contributed by atoms with Gasteiger partial charge in [0.25, 0.3) is 0 Å². The molecule has 4 rings (SSSR count). The van der Waals surface area contributed by atoms with E-state index in [1.54, 1.807) is 12.4 Å². The number of hydrazone groups is 2. The molecule has 10 heteroatoms. The zero-order chi connectivity index (χ0) is 25.3. The molecule has 0 saturated heterocycles. The zero-order valence-electron chi connectivity index (χ0n) is 19.5. The lowest BCUT2D eigenvalue weighted by Crippen LogP contribution is -2.17. The third-order valence-electron chi connectivity index (χ3n) is 5.70. The highest BCUT2D eigenvalue weighted by atomic mass is 79.9. The fraction of sp³-hybridized carbons (Fsp3) is 0.231. The first-order chi connectivity index (χ1) is 17.5. The lowest BCUT2D eigenvalue weighted by atomic mass is 10.1. The molecule has 36 heavy (non-hydrogen) atoms. The zero-order valence-corrected chi connectivity index (χ0v) is 22.7. The topological polar surface area (TPSA) is 114 Å². The van der Waals surface area contributed by atoms with E-state index in [4.69, 9.17) is 0 Å². The maximum absolute atomic E-state index is 12.0. The van der Waals surface area contributed by atoms with Crippen LogP contribution < -0.4 is 10.9 Å². The van der Waals surface area contributed by atoms with Crippen molar-refractivity contribution in [2.75, 3.05) is 0 Å². The molecule has 0 radical (unpaired) electrons. The Morgan fingerprint density at radius 3 is 1.61 bits per heavy atom. The first kappa shape index (κ1) is 25.8. The minimum absolute atomic E-state index is 0.122. The summed E-state index contributed by atoms with van der Waals surface area (Å²) in [7, 11) is 0. The summed E-state index contributed by atoms with van der Waals surface area (Å²) in [6, 6.07) is 11.9. The molecule has 0 spiro atoms. The Morgan fingerprint density at radius 2 is 1.17 bits per heavy atom. The van der Waals surface area contributed by atoms with Gasteiger partial charge in [-0.05, 0) is 49.2 Å². The molecule has 2 aromatic heterocycles. The van der Waals surface area contributed by atoms with E-state index < -0.39 is 0 Å². The number of benzene rings is 2. The molecule has 0 aliphatic carbocycles. The monoisotopic (exact) mass is 612 g/mol. The Morgan fingerprint density at radius 1 is 0.722 bits per heavy atom. The highest BCUT2D eigenvalue weighted by molar-refractivity contribution is 9.10. The molecular formula is C26H26Br2N6O2. The molecule has 0 saturated carbocycles. The van der Waals surface area contributed by atoms with Gasteiger partial charge in [-0.2, -0.15) is 10.2 Å². The number of unbranched alkanes of at least 4 members (excludes halogenated alkanes) is 3. The van der Waals surface area contributed by atoms with Gasteiger partial charge in [-0.15, -0.1) is 0 Å². The van der Waals surface area contributed by atoms with Crippen LogP contribution >= 0.6 is 31.9 Å². The van der Waals surface area contributed by atoms with E-state index in [1.165, 1.54) is 0 Å². The number of halogens is 2. The number of carbonyl (C=O) groups excluding carboxylic acids is 2. The maximum atomic E-state index is 12.0. The lowest BCUT2D eigenvalue weighted by molar-refractivity contribution is -0.122. The summed E-state index contributed by atoms with van der Waals surface area (Å²) in [5, 5.41) is 10.2. The molecule has 0 unspecified atom stereocenters. The van der Waals surface area contributed by atoms with E-state index >= 15 is 0 Å². The number of fused-ring (bicyclic) bond motifs is 2. The van der Waals surface area contributed by atoms with Crippen LogP contribution in [0.2, 0.25) is 0 Å². The van der Waals surface area contributed by atoms with Crippen molar-refractivity contribution in [2.45, 2.75) is 38.5 Å². The van der Waals surface area contributed by atoms with Crippen molar-refractivity contribution in [3.63, 3.8) is 0 Å². The fourth-order valence-corrected chi connectivity index (χ4v) is 4.55. The highest BCUT2D eigenvalue weighted by Gasteiger charge is 2.05. The van der Waals surface area contributed by atoms with Crippen molar-refractivity contribution in [1.82, 2.24) is 20.8 Å². The Balaban J connectivity index is 1.08. The number of amides is 2.